The number of furan rings is 1. The fourth-order valence-electron chi connectivity index (χ4n) is 4.23. The lowest BCUT2D eigenvalue weighted by atomic mass is 9.96. The minimum atomic E-state index is -0.969. The van der Waals surface area contributed by atoms with Crippen LogP contribution in [0.5, 0.6) is 5.75 Å². The number of carbonyl (C=O) groups excluding carboxylic acids is 1. The Kier molecular flexibility index (Phi) is 5.95. The van der Waals surface area contributed by atoms with Crippen LogP contribution in [0.15, 0.2) is 56.3 Å². The number of rotatable bonds is 6. The number of thiophene rings is 1. The quantitative estimate of drug-likeness (QED) is 0.386. The molecule has 1 N–H and O–H groups in total. The summed E-state index contributed by atoms with van der Waals surface area (Å²) in [4.78, 5) is 27.7. The summed E-state index contributed by atoms with van der Waals surface area (Å²) in [7, 11) is 0. The molecule has 0 fully saturated rings. The third kappa shape index (κ3) is 3.88. The second-order valence-electron chi connectivity index (χ2n) is 8.09. The fraction of sp³-hybridized carbons (Fsp3) is 0.269. The molecule has 5 rings (SSSR count). The number of nitriles is 1. The van der Waals surface area contributed by atoms with Crippen LogP contribution in [0.2, 0.25) is 0 Å². The van der Waals surface area contributed by atoms with Gasteiger partial charge < -0.3 is 18.9 Å². The summed E-state index contributed by atoms with van der Waals surface area (Å²) in [6.45, 7) is 1.80. The van der Waals surface area contributed by atoms with Crippen LogP contribution in [0.1, 0.15) is 42.2 Å². The van der Waals surface area contributed by atoms with Crippen LogP contribution >= 0.6 is 11.3 Å². The van der Waals surface area contributed by atoms with Gasteiger partial charge in [-0.2, -0.15) is 5.26 Å². The normalized spacial score (nSPS) is 13.8. The molecule has 3 heterocycles. The second-order valence-corrected chi connectivity index (χ2v) is 9.20. The van der Waals surface area contributed by atoms with Crippen molar-refractivity contribution in [1.82, 2.24) is 0 Å². The van der Waals surface area contributed by atoms with Crippen molar-refractivity contribution in [2.75, 3.05) is 5.32 Å². The maximum absolute atomic E-state index is 13.3. The molecular formula is C26H22N2O5S. The van der Waals surface area contributed by atoms with Crippen molar-refractivity contribution in [3.63, 3.8) is 0 Å². The van der Waals surface area contributed by atoms with E-state index in [1.54, 1.807) is 43.3 Å². The number of hydrogen-bond acceptors (Lipinski definition) is 7. The Labute approximate surface area is 199 Å². The Bertz CT molecular complexity index is 1460. The van der Waals surface area contributed by atoms with Gasteiger partial charge in [-0.3, -0.25) is 9.59 Å². The summed E-state index contributed by atoms with van der Waals surface area (Å²) in [5.74, 6) is -0.0488. The lowest BCUT2D eigenvalue weighted by Gasteiger charge is -2.18. The van der Waals surface area contributed by atoms with Gasteiger partial charge in [0.1, 0.15) is 16.7 Å². The highest BCUT2D eigenvalue weighted by molar-refractivity contribution is 7.16. The third-order valence-electron chi connectivity index (χ3n) is 5.94. The lowest BCUT2D eigenvalue weighted by Crippen LogP contribution is -2.34. The molecule has 1 unspecified atom stereocenters. The molecule has 0 saturated carbocycles. The van der Waals surface area contributed by atoms with Crippen molar-refractivity contribution in [1.29, 1.82) is 5.26 Å². The molecule has 0 saturated heterocycles. The first kappa shape index (κ1) is 22.0. The number of aryl methyl sites for hydroxylation is 1. The van der Waals surface area contributed by atoms with E-state index in [2.05, 4.69) is 11.4 Å². The molecule has 1 aliphatic carbocycles. The van der Waals surface area contributed by atoms with Gasteiger partial charge in [-0.05, 0) is 61.9 Å². The van der Waals surface area contributed by atoms with Gasteiger partial charge in [-0.25, -0.2) is 0 Å². The average molecular weight is 475 g/mol. The monoisotopic (exact) mass is 474 g/mol. The number of amides is 1. The van der Waals surface area contributed by atoms with Gasteiger partial charge in [0.15, 0.2) is 11.9 Å². The largest absolute Gasteiger partial charge is 0.473 e. The molecule has 1 aromatic carbocycles. The molecule has 7 nitrogen and oxygen atoms in total. The van der Waals surface area contributed by atoms with Crippen molar-refractivity contribution >= 4 is 33.2 Å². The van der Waals surface area contributed by atoms with Crippen LogP contribution in [0.4, 0.5) is 5.00 Å². The maximum atomic E-state index is 13.3. The summed E-state index contributed by atoms with van der Waals surface area (Å²) in [5.41, 5.74) is 1.58. The fourth-order valence-corrected chi connectivity index (χ4v) is 5.47. The minimum absolute atomic E-state index is 0.0818. The first-order valence-electron chi connectivity index (χ1n) is 11.2. The number of anilines is 1. The van der Waals surface area contributed by atoms with E-state index in [1.807, 2.05) is 0 Å². The molecule has 0 bridgehead atoms. The predicted molar refractivity (Wildman–Crippen MR) is 129 cm³/mol. The molecule has 0 radical (unpaired) electrons. The number of carbonyl (C=O) groups is 1. The molecule has 0 aliphatic heterocycles. The van der Waals surface area contributed by atoms with E-state index in [-0.39, 0.29) is 16.9 Å². The smallest absolute Gasteiger partial charge is 0.266 e. The zero-order valence-electron chi connectivity index (χ0n) is 18.6. The Morgan fingerprint density at radius 3 is 2.82 bits per heavy atom. The van der Waals surface area contributed by atoms with Crippen molar-refractivity contribution in [3.8, 4) is 23.3 Å². The molecule has 1 aliphatic rings. The summed E-state index contributed by atoms with van der Waals surface area (Å²) < 4.78 is 17.4. The number of nitrogens with one attached hydrogen (secondary N) is 1. The van der Waals surface area contributed by atoms with Crippen LogP contribution in [0.25, 0.3) is 22.5 Å². The Hall–Kier alpha value is -3.83. The predicted octanol–water partition coefficient (Wildman–Crippen LogP) is 5.66. The summed E-state index contributed by atoms with van der Waals surface area (Å²) in [6.07, 6.45) is 4.71. The number of benzene rings is 1. The van der Waals surface area contributed by atoms with Gasteiger partial charge in [0.05, 0.1) is 17.2 Å². The number of para-hydroxylation sites is 1. The van der Waals surface area contributed by atoms with Gasteiger partial charge in [0.25, 0.3) is 5.91 Å². The van der Waals surface area contributed by atoms with Crippen molar-refractivity contribution in [3.05, 3.63) is 68.9 Å². The van der Waals surface area contributed by atoms with Crippen molar-refractivity contribution in [2.24, 2.45) is 0 Å². The van der Waals surface area contributed by atoms with E-state index in [0.717, 1.165) is 36.1 Å². The molecule has 34 heavy (non-hydrogen) atoms. The van der Waals surface area contributed by atoms with Crippen LogP contribution in [-0.4, -0.2) is 12.0 Å². The molecule has 4 aromatic rings. The van der Waals surface area contributed by atoms with Gasteiger partial charge >= 0.3 is 0 Å². The number of fused-ring (bicyclic) bond motifs is 2. The van der Waals surface area contributed by atoms with Crippen LogP contribution in [0, 0.1) is 11.3 Å². The van der Waals surface area contributed by atoms with Gasteiger partial charge in [0, 0.05) is 4.88 Å². The Morgan fingerprint density at radius 1 is 1.24 bits per heavy atom. The SMILES string of the molecule is CCC(Oc1c(-c2ccco2)oc2ccccc2c1=O)C(=O)Nc1sc2c(c1C#N)CCCC2. The van der Waals surface area contributed by atoms with Gasteiger partial charge in [-0.15, -0.1) is 11.3 Å². The number of ether oxygens (including phenoxy) is 1. The first-order chi connectivity index (χ1) is 16.6. The van der Waals surface area contributed by atoms with Crippen LogP contribution < -0.4 is 15.5 Å². The van der Waals surface area contributed by atoms with Crippen molar-refractivity contribution < 1.29 is 18.4 Å². The molecule has 1 amide bonds. The standard InChI is InChI=1S/C26H22N2O5S/c1-2-18(25(30)28-26-17(14-27)15-8-4-6-12-21(15)34-26)32-24-22(29)16-9-3-5-10-19(16)33-23(24)20-11-7-13-31-20/h3,5,7,9-11,13,18H,2,4,6,8,12H2,1H3,(H,28,30). The summed E-state index contributed by atoms with van der Waals surface area (Å²) in [6, 6.07) is 12.4. The summed E-state index contributed by atoms with van der Waals surface area (Å²) >= 11 is 1.45. The zero-order valence-corrected chi connectivity index (χ0v) is 19.4. The van der Waals surface area contributed by atoms with Crippen molar-refractivity contribution in [2.45, 2.75) is 45.1 Å². The van der Waals surface area contributed by atoms with E-state index in [1.165, 1.54) is 17.6 Å². The Morgan fingerprint density at radius 2 is 2.06 bits per heavy atom. The minimum Gasteiger partial charge on any atom is -0.473 e. The summed E-state index contributed by atoms with van der Waals surface area (Å²) in [5, 5.41) is 13.5. The zero-order chi connectivity index (χ0) is 23.7. The van der Waals surface area contributed by atoms with Gasteiger partial charge in [0.2, 0.25) is 16.9 Å². The highest BCUT2D eigenvalue weighted by atomic mass is 32.1. The molecular weight excluding hydrogens is 452 g/mol. The van der Waals surface area contributed by atoms with E-state index in [9.17, 15) is 14.9 Å². The average Bonchev–Trinajstić information content (AvgIpc) is 3.51. The van der Waals surface area contributed by atoms with E-state index >= 15 is 0 Å². The van der Waals surface area contributed by atoms with E-state index in [4.69, 9.17) is 13.6 Å². The van der Waals surface area contributed by atoms with Crippen LogP contribution in [-0.2, 0) is 17.6 Å². The number of hydrogen-bond donors (Lipinski definition) is 1. The highest BCUT2D eigenvalue weighted by Crippen LogP contribution is 2.38. The molecule has 1 atom stereocenters. The molecule has 172 valence electrons. The van der Waals surface area contributed by atoms with E-state index < -0.39 is 12.0 Å². The maximum Gasteiger partial charge on any atom is 0.266 e. The molecule has 3 aromatic heterocycles. The van der Waals surface area contributed by atoms with Crippen LogP contribution in [0.3, 0.4) is 0 Å². The number of nitrogens with zero attached hydrogens (tertiary/aromatic N) is 1. The first-order valence-corrected chi connectivity index (χ1v) is 12.0. The van der Waals surface area contributed by atoms with Gasteiger partial charge in [-0.1, -0.05) is 19.1 Å². The second kappa shape index (κ2) is 9.20. The molecule has 8 heteroatoms. The topological polar surface area (TPSA) is 105 Å². The Balaban J connectivity index is 1.50. The lowest BCUT2D eigenvalue weighted by molar-refractivity contribution is -0.122. The third-order valence-corrected chi connectivity index (χ3v) is 7.15. The van der Waals surface area contributed by atoms with E-state index in [0.29, 0.717) is 33.7 Å². The molecule has 0 spiro atoms. The highest BCUT2D eigenvalue weighted by Gasteiger charge is 2.28.